The SMILES string of the molecule is CN(C)c1ccc(OC2CCCN(C(=O)c3cc(-c4cccs4)nn3C)C2)nn1. The second kappa shape index (κ2) is 8.20. The van der Waals surface area contributed by atoms with E-state index in [1.54, 1.807) is 16.0 Å². The van der Waals surface area contributed by atoms with Gasteiger partial charge in [0.2, 0.25) is 5.88 Å². The molecule has 1 atom stereocenters. The molecule has 9 heteroatoms. The molecule has 1 fully saturated rings. The number of anilines is 1. The number of hydrogen-bond donors (Lipinski definition) is 0. The second-order valence-corrected chi connectivity index (χ2v) is 8.22. The lowest BCUT2D eigenvalue weighted by atomic mass is 10.1. The van der Waals surface area contributed by atoms with Gasteiger partial charge in [-0.3, -0.25) is 9.48 Å². The number of piperidine rings is 1. The van der Waals surface area contributed by atoms with Crippen molar-refractivity contribution in [3.8, 4) is 16.5 Å². The molecule has 4 rings (SSSR count). The number of carbonyl (C=O) groups is 1. The highest BCUT2D eigenvalue weighted by Crippen LogP contribution is 2.25. The lowest BCUT2D eigenvalue weighted by Gasteiger charge is -2.32. The highest BCUT2D eigenvalue weighted by molar-refractivity contribution is 7.13. The van der Waals surface area contributed by atoms with Gasteiger partial charge in [-0.05, 0) is 36.4 Å². The van der Waals surface area contributed by atoms with Gasteiger partial charge in [0, 0.05) is 33.8 Å². The summed E-state index contributed by atoms with van der Waals surface area (Å²) >= 11 is 1.61. The van der Waals surface area contributed by atoms with E-state index in [0.29, 0.717) is 24.7 Å². The molecule has 0 N–H and O–H groups in total. The Morgan fingerprint density at radius 1 is 1.28 bits per heavy atom. The summed E-state index contributed by atoms with van der Waals surface area (Å²) in [5.41, 5.74) is 1.41. The average Bonchev–Trinajstić information content (AvgIpc) is 3.38. The molecule has 1 aliphatic heterocycles. The van der Waals surface area contributed by atoms with Gasteiger partial charge < -0.3 is 14.5 Å². The van der Waals surface area contributed by atoms with E-state index in [2.05, 4.69) is 15.3 Å². The number of aromatic nitrogens is 4. The van der Waals surface area contributed by atoms with Crippen LogP contribution < -0.4 is 9.64 Å². The van der Waals surface area contributed by atoms with Gasteiger partial charge in [-0.2, -0.15) is 5.10 Å². The van der Waals surface area contributed by atoms with Crippen LogP contribution in [0.4, 0.5) is 5.82 Å². The maximum absolute atomic E-state index is 13.1. The van der Waals surface area contributed by atoms with Crippen LogP contribution in [0.25, 0.3) is 10.6 Å². The molecule has 1 unspecified atom stereocenters. The summed E-state index contributed by atoms with van der Waals surface area (Å²) in [7, 11) is 5.64. The first-order valence-corrected chi connectivity index (χ1v) is 10.4. The van der Waals surface area contributed by atoms with Gasteiger partial charge >= 0.3 is 0 Å². The maximum Gasteiger partial charge on any atom is 0.272 e. The van der Waals surface area contributed by atoms with E-state index in [4.69, 9.17) is 4.74 Å². The van der Waals surface area contributed by atoms with Crippen LogP contribution in [-0.2, 0) is 7.05 Å². The number of hydrogen-bond acceptors (Lipinski definition) is 7. The van der Waals surface area contributed by atoms with E-state index in [-0.39, 0.29) is 12.0 Å². The van der Waals surface area contributed by atoms with Crippen molar-refractivity contribution in [3.63, 3.8) is 0 Å². The number of amides is 1. The highest BCUT2D eigenvalue weighted by atomic mass is 32.1. The van der Waals surface area contributed by atoms with Gasteiger partial charge in [0.15, 0.2) is 5.82 Å². The van der Waals surface area contributed by atoms with Crippen LogP contribution in [0.3, 0.4) is 0 Å². The minimum atomic E-state index is -0.0998. The molecular weight excluding hydrogens is 388 g/mol. The van der Waals surface area contributed by atoms with Crippen molar-refractivity contribution in [3.05, 3.63) is 41.4 Å². The van der Waals surface area contributed by atoms with Gasteiger partial charge in [0.05, 0.1) is 11.4 Å². The van der Waals surface area contributed by atoms with E-state index >= 15 is 0 Å². The normalized spacial score (nSPS) is 16.7. The van der Waals surface area contributed by atoms with Crippen molar-refractivity contribution in [2.45, 2.75) is 18.9 Å². The van der Waals surface area contributed by atoms with E-state index in [9.17, 15) is 4.79 Å². The molecule has 0 bridgehead atoms. The van der Waals surface area contributed by atoms with Gasteiger partial charge in [0.1, 0.15) is 17.5 Å². The Hall–Kier alpha value is -2.94. The van der Waals surface area contributed by atoms with Crippen molar-refractivity contribution in [1.82, 2.24) is 24.9 Å². The minimum Gasteiger partial charge on any atom is -0.471 e. The molecule has 4 heterocycles. The van der Waals surface area contributed by atoms with Crippen LogP contribution >= 0.6 is 11.3 Å². The van der Waals surface area contributed by atoms with Gasteiger partial charge in [-0.25, -0.2) is 0 Å². The van der Waals surface area contributed by atoms with Gasteiger partial charge in [-0.1, -0.05) is 6.07 Å². The Bertz CT molecular complexity index is 968. The monoisotopic (exact) mass is 412 g/mol. The molecule has 3 aromatic rings. The number of carbonyl (C=O) groups excluding carboxylic acids is 1. The summed E-state index contributed by atoms with van der Waals surface area (Å²) in [5.74, 6) is 1.23. The fourth-order valence-electron chi connectivity index (χ4n) is 3.38. The molecule has 1 saturated heterocycles. The van der Waals surface area contributed by atoms with Crippen molar-refractivity contribution < 1.29 is 9.53 Å². The molecule has 1 amide bonds. The molecule has 3 aromatic heterocycles. The molecule has 8 nitrogen and oxygen atoms in total. The van der Waals surface area contributed by atoms with Crippen LogP contribution in [0.5, 0.6) is 5.88 Å². The van der Waals surface area contributed by atoms with Crippen molar-refractivity contribution >= 4 is 23.1 Å². The predicted octanol–water partition coefficient (Wildman–Crippen LogP) is 2.69. The summed E-state index contributed by atoms with van der Waals surface area (Å²) in [4.78, 5) is 17.9. The zero-order valence-electron chi connectivity index (χ0n) is 16.8. The van der Waals surface area contributed by atoms with Crippen molar-refractivity contribution in [2.75, 3.05) is 32.1 Å². The van der Waals surface area contributed by atoms with Gasteiger partial charge in [0.25, 0.3) is 5.91 Å². The fourth-order valence-corrected chi connectivity index (χ4v) is 4.06. The van der Waals surface area contributed by atoms with Crippen LogP contribution in [0.2, 0.25) is 0 Å². The number of likely N-dealkylation sites (tertiary alicyclic amines) is 1. The summed E-state index contributed by atoms with van der Waals surface area (Å²) in [6.45, 7) is 1.24. The molecule has 1 aliphatic rings. The third kappa shape index (κ3) is 4.24. The molecule has 0 saturated carbocycles. The first kappa shape index (κ1) is 19.4. The quantitative estimate of drug-likeness (QED) is 0.641. The first-order valence-electron chi connectivity index (χ1n) is 9.56. The first-order chi connectivity index (χ1) is 14.0. The Balaban J connectivity index is 1.43. The van der Waals surface area contributed by atoms with Crippen LogP contribution in [0, 0.1) is 0 Å². The Morgan fingerprint density at radius 3 is 2.83 bits per heavy atom. The number of thiophene rings is 1. The number of nitrogens with zero attached hydrogens (tertiary/aromatic N) is 6. The van der Waals surface area contributed by atoms with Crippen LogP contribution in [-0.4, -0.2) is 64.1 Å². The zero-order chi connectivity index (χ0) is 20.4. The minimum absolute atomic E-state index is 0.0230. The molecule has 0 aliphatic carbocycles. The molecule has 0 spiro atoms. The van der Waals surface area contributed by atoms with E-state index in [1.807, 2.05) is 66.7 Å². The molecule has 152 valence electrons. The number of aryl methyl sites for hydroxylation is 1. The molecule has 29 heavy (non-hydrogen) atoms. The zero-order valence-corrected chi connectivity index (χ0v) is 17.6. The van der Waals surface area contributed by atoms with Crippen molar-refractivity contribution in [2.24, 2.45) is 7.05 Å². The summed E-state index contributed by atoms with van der Waals surface area (Å²) < 4.78 is 7.65. The average molecular weight is 413 g/mol. The van der Waals surface area contributed by atoms with E-state index in [1.165, 1.54) is 0 Å². The lowest BCUT2D eigenvalue weighted by molar-refractivity contribution is 0.0516. The van der Waals surface area contributed by atoms with Gasteiger partial charge in [-0.15, -0.1) is 21.5 Å². The smallest absolute Gasteiger partial charge is 0.272 e. The van der Waals surface area contributed by atoms with E-state index in [0.717, 1.165) is 29.2 Å². The Morgan fingerprint density at radius 2 is 2.14 bits per heavy atom. The standard InChI is InChI=1S/C20H24N6O2S/c1-24(2)18-8-9-19(22-21-18)28-14-6-4-10-26(13-14)20(27)16-12-15(23-25(16)3)17-7-5-11-29-17/h5,7-9,11-12,14H,4,6,10,13H2,1-3H3. The molecule has 0 radical (unpaired) electrons. The Labute approximate surface area is 173 Å². The third-order valence-electron chi connectivity index (χ3n) is 4.91. The second-order valence-electron chi connectivity index (χ2n) is 7.27. The largest absolute Gasteiger partial charge is 0.471 e. The summed E-state index contributed by atoms with van der Waals surface area (Å²) in [5, 5.41) is 14.8. The van der Waals surface area contributed by atoms with E-state index < -0.39 is 0 Å². The van der Waals surface area contributed by atoms with Crippen LogP contribution in [0.15, 0.2) is 35.7 Å². The number of rotatable bonds is 5. The maximum atomic E-state index is 13.1. The fraction of sp³-hybridized carbons (Fsp3) is 0.400. The Kier molecular flexibility index (Phi) is 5.48. The predicted molar refractivity (Wildman–Crippen MR) is 112 cm³/mol. The van der Waals surface area contributed by atoms with Crippen molar-refractivity contribution in [1.29, 1.82) is 0 Å². The molecule has 0 aromatic carbocycles. The summed E-state index contributed by atoms with van der Waals surface area (Å²) in [6.07, 6.45) is 1.67. The lowest BCUT2D eigenvalue weighted by Crippen LogP contribution is -2.45. The third-order valence-corrected chi connectivity index (χ3v) is 5.80. The number of ether oxygens (including phenoxy) is 1. The van der Waals surface area contributed by atoms with Crippen LogP contribution in [0.1, 0.15) is 23.3 Å². The molecular formula is C20H24N6O2S. The highest BCUT2D eigenvalue weighted by Gasteiger charge is 2.28. The summed E-state index contributed by atoms with van der Waals surface area (Å²) in [6, 6.07) is 9.54. The topological polar surface area (TPSA) is 76.4 Å².